The molecule has 0 saturated carbocycles. The molecule has 2 heterocycles. The fraction of sp³-hybridized carbons (Fsp3) is 0.346. The highest BCUT2D eigenvalue weighted by atomic mass is 32.2. The van der Waals surface area contributed by atoms with E-state index in [1.165, 1.54) is 0 Å². The number of aromatic nitrogens is 2. The number of ether oxygens (including phenoxy) is 1. The lowest BCUT2D eigenvalue weighted by Crippen LogP contribution is -2.48. The molecular formula is C26H31N5O2S. The van der Waals surface area contributed by atoms with E-state index >= 15 is 0 Å². The van der Waals surface area contributed by atoms with Gasteiger partial charge in [0.2, 0.25) is 0 Å². The molecule has 0 spiro atoms. The maximum Gasteiger partial charge on any atom is 0.265 e. The Labute approximate surface area is 205 Å². The first kappa shape index (κ1) is 24.2. The maximum atomic E-state index is 12.5. The van der Waals surface area contributed by atoms with E-state index in [9.17, 15) is 4.79 Å². The number of benzene rings is 2. The first-order valence-electron chi connectivity index (χ1n) is 11.6. The third-order valence-electron chi connectivity index (χ3n) is 5.57. The molecule has 0 bridgehead atoms. The number of hydrogen-bond donors (Lipinski definition) is 1. The number of carbonyl (C=O) groups excluding carboxylic acids is 1. The summed E-state index contributed by atoms with van der Waals surface area (Å²) in [5.74, 6) is 1.55. The number of anilines is 1. The van der Waals surface area contributed by atoms with Crippen molar-refractivity contribution < 1.29 is 9.53 Å². The van der Waals surface area contributed by atoms with Crippen molar-refractivity contribution in [2.75, 3.05) is 44.8 Å². The van der Waals surface area contributed by atoms with E-state index in [2.05, 4.69) is 42.5 Å². The first-order valence-corrected chi connectivity index (χ1v) is 12.6. The Hall–Kier alpha value is -2.94. The van der Waals surface area contributed by atoms with Gasteiger partial charge in [0.05, 0.1) is 18.9 Å². The fourth-order valence-corrected chi connectivity index (χ4v) is 4.47. The van der Waals surface area contributed by atoms with Gasteiger partial charge in [-0.2, -0.15) is 0 Å². The van der Waals surface area contributed by atoms with Crippen molar-refractivity contribution in [2.24, 2.45) is 0 Å². The van der Waals surface area contributed by atoms with Crippen LogP contribution in [-0.2, 0) is 10.5 Å². The minimum atomic E-state index is -0.0939. The van der Waals surface area contributed by atoms with Crippen LogP contribution in [0.25, 0.3) is 11.3 Å². The number of nitrogens with zero attached hydrogens (tertiary/aromatic N) is 4. The predicted octanol–water partition coefficient (Wildman–Crippen LogP) is 4.26. The molecule has 1 amide bonds. The second kappa shape index (κ2) is 12.0. The average molecular weight is 478 g/mol. The van der Waals surface area contributed by atoms with Crippen molar-refractivity contribution in [2.45, 2.75) is 24.3 Å². The van der Waals surface area contributed by atoms with Gasteiger partial charge in [0.25, 0.3) is 5.91 Å². The van der Waals surface area contributed by atoms with Crippen molar-refractivity contribution in [3.05, 3.63) is 71.8 Å². The summed E-state index contributed by atoms with van der Waals surface area (Å²) in [4.78, 5) is 24.3. The summed E-state index contributed by atoms with van der Waals surface area (Å²) in [6.07, 6.45) is 1.05. The fourth-order valence-electron chi connectivity index (χ4n) is 3.66. The van der Waals surface area contributed by atoms with E-state index in [0.717, 1.165) is 46.5 Å². The van der Waals surface area contributed by atoms with Gasteiger partial charge in [-0.3, -0.25) is 10.2 Å². The van der Waals surface area contributed by atoms with Crippen LogP contribution < -0.4 is 10.3 Å². The molecule has 1 saturated heterocycles. The predicted molar refractivity (Wildman–Crippen MR) is 137 cm³/mol. The molecule has 1 N–H and O–H groups in total. The molecule has 3 aromatic rings. The quantitative estimate of drug-likeness (QED) is 0.365. The van der Waals surface area contributed by atoms with Crippen molar-refractivity contribution in [3.63, 3.8) is 0 Å². The molecule has 2 aromatic carbocycles. The third kappa shape index (κ3) is 6.56. The summed E-state index contributed by atoms with van der Waals surface area (Å²) in [5.41, 5.74) is 6.71. The molecule has 1 aliphatic heterocycles. The molecule has 34 heavy (non-hydrogen) atoms. The van der Waals surface area contributed by atoms with Gasteiger partial charge in [0.1, 0.15) is 5.82 Å². The largest absolute Gasteiger partial charge is 0.379 e. The zero-order valence-electron chi connectivity index (χ0n) is 19.7. The molecule has 0 aliphatic carbocycles. The summed E-state index contributed by atoms with van der Waals surface area (Å²) in [7, 11) is 2.07. The molecule has 0 unspecified atom stereocenters. The minimum absolute atomic E-state index is 0.0939. The van der Waals surface area contributed by atoms with Crippen LogP contribution in [0.3, 0.4) is 0 Å². The number of thioether (sulfide) groups is 1. The van der Waals surface area contributed by atoms with Crippen molar-refractivity contribution in [3.8, 4) is 11.3 Å². The van der Waals surface area contributed by atoms with E-state index in [-0.39, 0.29) is 5.91 Å². The zero-order chi connectivity index (χ0) is 23.8. The number of nitrogens with one attached hydrogen (secondary N) is 1. The maximum absolute atomic E-state index is 12.5. The minimum Gasteiger partial charge on any atom is -0.379 e. The second-order valence-electron chi connectivity index (χ2n) is 8.21. The van der Waals surface area contributed by atoms with Crippen LogP contribution in [0, 0.1) is 0 Å². The van der Waals surface area contributed by atoms with Crippen LogP contribution in [0.5, 0.6) is 0 Å². The van der Waals surface area contributed by atoms with Crippen LogP contribution >= 0.6 is 11.8 Å². The Morgan fingerprint density at radius 1 is 1.09 bits per heavy atom. The highest BCUT2D eigenvalue weighted by molar-refractivity contribution is 7.98. The van der Waals surface area contributed by atoms with Crippen LogP contribution in [0.4, 0.5) is 5.82 Å². The van der Waals surface area contributed by atoms with E-state index in [1.54, 1.807) is 11.8 Å². The molecule has 7 nitrogen and oxygen atoms in total. The lowest BCUT2D eigenvalue weighted by molar-refractivity contribution is 0.0126. The highest BCUT2D eigenvalue weighted by Gasteiger charge is 2.15. The van der Waals surface area contributed by atoms with E-state index < -0.39 is 0 Å². The molecule has 1 fully saturated rings. The molecule has 0 radical (unpaired) electrons. The standard InChI is InChI=1S/C26H31N5O2S/c1-3-13-30(2)24-18-23(21-7-5-4-6-8-21)27-26(28-24)34-19-20-9-11-22(12-10-20)25(32)29-31-14-16-33-17-15-31/h4-12,18H,3,13-17,19H2,1-2H3,(H,29,32). The molecular weight excluding hydrogens is 446 g/mol. The number of hydrogen-bond acceptors (Lipinski definition) is 7. The van der Waals surface area contributed by atoms with E-state index in [4.69, 9.17) is 14.7 Å². The van der Waals surface area contributed by atoms with Crippen molar-refractivity contribution in [1.29, 1.82) is 0 Å². The molecule has 4 rings (SSSR count). The Kier molecular flexibility index (Phi) is 8.51. The molecule has 1 aromatic heterocycles. The molecule has 178 valence electrons. The highest BCUT2D eigenvalue weighted by Crippen LogP contribution is 2.27. The molecule has 8 heteroatoms. The number of carbonyl (C=O) groups is 1. The Balaban J connectivity index is 1.43. The number of amides is 1. The van der Waals surface area contributed by atoms with Crippen molar-refractivity contribution in [1.82, 2.24) is 20.4 Å². The normalized spacial score (nSPS) is 14.1. The Morgan fingerprint density at radius 2 is 1.82 bits per heavy atom. The smallest absolute Gasteiger partial charge is 0.265 e. The van der Waals surface area contributed by atoms with Gasteiger partial charge >= 0.3 is 0 Å². The monoisotopic (exact) mass is 477 g/mol. The van der Waals surface area contributed by atoms with Crippen LogP contribution in [0.2, 0.25) is 0 Å². The average Bonchev–Trinajstić information content (AvgIpc) is 2.89. The van der Waals surface area contributed by atoms with E-state index in [1.807, 2.05) is 47.5 Å². The van der Waals surface area contributed by atoms with Gasteiger partial charge in [-0.1, -0.05) is 61.2 Å². The molecule has 1 aliphatic rings. The number of rotatable bonds is 9. The van der Waals surface area contributed by atoms with Crippen LogP contribution in [0.15, 0.2) is 65.8 Å². The summed E-state index contributed by atoms with van der Waals surface area (Å²) >= 11 is 1.60. The summed E-state index contributed by atoms with van der Waals surface area (Å²) in [5, 5.41) is 2.65. The Morgan fingerprint density at radius 3 is 2.53 bits per heavy atom. The summed E-state index contributed by atoms with van der Waals surface area (Å²) in [6, 6.07) is 20.0. The van der Waals surface area contributed by atoms with Gasteiger partial charge < -0.3 is 9.64 Å². The first-order chi connectivity index (χ1) is 16.6. The molecule has 0 atom stereocenters. The Bertz CT molecular complexity index is 1070. The van der Waals surface area contributed by atoms with Crippen LogP contribution in [-0.4, -0.2) is 60.8 Å². The van der Waals surface area contributed by atoms with Crippen LogP contribution in [0.1, 0.15) is 29.3 Å². The lowest BCUT2D eigenvalue weighted by atomic mass is 10.1. The topological polar surface area (TPSA) is 70.6 Å². The zero-order valence-corrected chi connectivity index (χ0v) is 20.6. The van der Waals surface area contributed by atoms with Gasteiger partial charge in [-0.25, -0.2) is 15.0 Å². The SMILES string of the molecule is CCCN(C)c1cc(-c2ccccc2)nc(SCc2ccc(C(=O)NN3CCOCC3)cc2)n1. The third-order valence-corrected chi connectivity index (χ3v) is 6.49. The van der Waals surface area contributed by atoms with Gasteiger partial charge in [0, 0.05) is 49.6 Å². The van der Waals surface area contributed by atoms with E-state index in [0.29, 0.717) is 31.9 Å². The van der Waals surface area contributed by atoms with Gasteiger partial charge in [-0.05, 0) is 24.1 Å². The lowest BCUT2D eigenvalue weighted by Gasteiger charge is -2.26. The second-order valence-corrected chi connectivity index (χ2v) is 9.15. The van der Waals surface area contributed by atoms with Gasteiger partial charge in [0.15, 0.2) is 5.16 Å². The number of morpholine rings is 1. The van der Waals surface area contributed by atoms with Gasteiger partial charge in [-0.15, -0.1) is 0 Å². The summed E-state index contributed by atoms with van der Waals surface area (Å²) in [6.45, 7) is 5.79. The summed E-state index contributed by atoms with van der Waals surface area (Å²) < 4.78 is 5.32. The number of hydrazine groups is 1. The van der Waals surface area contributed by atoms with Crippen molar-refractivity contribution >= 4 is 23.5 Å².